The Balaban J connectivity index is 0.00000200. The number of rotatable bonds is 3. The molecule has 0 atom stereocenters. The van der Waals surface area contributed by atoms with Crippen LogP contribution in [0.1, 0.15) is 12.0 Å². The summed E-state index contributed by atoms with van der Waals surface area (Å²) in [4.78, 5) is 15.2. The van der Waals surface area contributed by atoms with Crippen molar-refractivity contribution >= 4 is 51.0 Å². The van der Waals surface area contributed by atoms with Crippen LogP contribution in [0.4, 0.5) is 10.2 Å². The van der Waals surface area contributed by atoms with E-state index in [1.54, 1.807) is 6.07 Å². The number of aryl methyl sites for hydroxylation is 1. The molecule has 0 radical (unpaired) electrons. The van der Waals surface area contributed by atoms with Gasteiger partial charge in [0.25, 0.3) is 0 Å². The van der Waals surface area contributed by atoms with Crippen LogP contribution in [-0.4, -0.2) is 18.1 Å². The van der Waals surface area contributed by atoms with Gasteiger partial charge in [-0.1, -0.05) is 6.07 Å². The van der Waals surface area contributed by atoms with Gasteiger partial charge in [-0.2, -0.15) is 0 Å². The van der Waals surface area contributed by atoms with E-state index in [2.05, 4.69) is 25.7 Å². The van der Waals surface area contributed by atoms with E-state index >= 15 is 0 Å². The highest BCUT2D eigenvalue weighted by Crippen LogP contribution is 2.28. The largest absolute Gasteiger partial charge is 0.469 e. The summed E-state index contributed by atoms with van der Waals surface area (Å²) < 4.78 is 18.9. The van der Waals surface area contributed by atoms with Crippen LogP contribution in [0.25, 0.3) is 10.9 Å². The molecule has 0 saturated carbocycles. The highest BCUT2D eigenvalue weighted by atomic mass is 79.9. The number of hydrogen-bond donors (Lipinski definition) is 1. The lowest BCUT2D eigenvalue weighted by molar-refractivity contribution is -0.140. The summed E-state index contributed by atoms with van der Waals surface area (Å²) in [5.41, 5.74) is 6.88. The van der Waals surface area contributed by atoms with Crippen LogP contribution < -0.4 is 5.73 Å². The van der Waals surface area contributed by atoms with Gasteiger partial charge in [-0.25, -0.2) is 9.37 Å². The predicted molar refractivity (Wildman–Crippen MR) is 81.4 cm³/mol. The molecule has 2 aromatic rings. The lowest BCUT2D eigenvalue weighted by atomic mass is 10.0. The van der Waals surface area contributed by atoms with Crippen molar-refractivity contribution in [2.45, 2.75) is 12.8 Å². The summed E-state index contributed by atoms with van der Waals surface area (Å²) in [6, 6.07) is 4.97. The molecule has 2 N–H and O–H groups in total. The molecule has 0 fully saturated rings. The number of fused-ring (bicyclic) bond motifs is 1. The number of nitrogens with zero attached hydrogens (tertiary/aromatic N) is 1. The maximum atomic E-state index is 13.5. The molecular formula is C13H13BrClFN2O2. The third kappa shape index (κ3) is 3.37. The molecule has 0 aliphatic heterocycles. The molecule has 0 aliphatic carbocycles. The summed E-state index contributed by atoms with van der Waals surface area (Å²) in [7, 11) is 1.34. The van der Waals surface area contributed by atoms with Crippen LogP contribution in [0.15, 0.2) is 22.7 Å². The summed E-state index contributed by atoms with van der Waals surface area (Å²) in [5, 5.41) is 0.643. The van der Waals surface area contributed by atoms with Crippen LogP contribution in [0.3, 0.4) is 0 Å². The maximum Gasteiger partial charge on any atom is 0.305 e. The number of anilines is 1. The van der Waals surface area contributed by atoms with E-state index in [0.717, 1.165) is 10.0 Å². The molecular weight excluding hydrogens is 351 g/mol. The summed E-state index contributed by atoms with van der Waals surface area (Å²) in [5.74, 6) is -1.01. The van der Waals surface area contributed by atoms with Crippen molar-refractivity contribution in [2.75, 3.05) is 12.8 Å². The minimum absolute atomic E-state index is 0. The first-order valence-corrected chi connectivity index (χ1v) is 6.42. The second-order valence-electron chi connectivity index (χ2n) is 4.03. The van der Waals surface area contributed by atoms with E-state index < -0.39 is 5.82 Å². The maximum absolute atomic E-state index is 13.5. The highest BCUT2D eigenvalue weighted by Gasteiger charge is 2.11. The molecule has 108 valence electrons. The van der Waals surface area contributed by atoms with Crippen LogP contribution in [0.5, 0.6) is 0 Å². The third-order valence-corrected chi connectivity index (χ3v) is 3.47. The number of aromatic nitrogens is 1. The number of halogens is 3. The van der Waals surface area contributed by atoms with Gasteiger partial charge in [0.1, 0.15) is 0 Å². The number of carbonyl (C=O) groups is 1. The van der Waals surface area contributed by atoms with Gasteiger partial charge in [-0.05, 0) is 40.0 Å². The Morgan fingerprint density at radius 3 is 2.85 bits per heavy atom. The molecule has 0 amide bonds. The van der Waals surface area contributed by atoms with Crippen LogP contribution in [0.2, 0.25) is 0 Å². The van der Waals surface area contributed by atoms with E-state index in [0.29, 0.717) is 17.3 Å². The zero-order valence-electron chi connectivity index (χ0n) is 10.7. The molecule has 0 bridgehead atoms. The zero-order chi connectivity index (χ0) is 14.0. The summed E-state index contributed by atoms with van der Waals surface area (Å²) in [6.45, 7) is 0. The number of pyridine rings is 1. The van der Waals surface area contributed by atoms with E-state index in [1.807, 2.05) is 6.07 Å². The van der Waals surface area contributed by atoms with Gasteiger partial charge in [-0.15, -0.1) is 12.4 Å². The van der Waals surface area contributed by atoms with Crippen molar-refractivity contribution in [3.8, 4) is 0 Å². The van der Waals surface area contributed by atoms with E-state index in [-0.39, 0.29) is 30.6 Å². The Hall–Kier alpha value is -1.40. The molecule has 4 nitrogen and oxygen atoms in total. The number of esters is 1. The lowest BCUT2D eigenvalue weighted by Crippen LogP contribution is -2.03. The fourth-order valence-electron chi connectivity index (χ4n) is 1.83. The Morgan fingerprint density at radius 1 is 1.50 bits per heavy atom. The monoisotopic (exact) mass is 362 g/mol. The van der Waals surface area contributed by atoms with E-state index in [1.165, 1.54) is 13.2 Å². The number of ether oxygens (including phenoxy) is 1. The van der Waals surface area contributed by atoms with Crippen LogP contribution >= 0.6 is 28.3 Å². The van der Waals surface area contributed by atoms with Crippen LogP contribution in [-0.2, 0) is 16.0 Å². The molecule has 7 heteroatoms. The standard InChI is InChI=1S/C13H12BrFN2O2.ClH/c1-19-11(18)5-3-7-2-4-9(14)12-8(7)6-10(15)13(16)17-12;/h2,4,6H,3,5H2,1H3,(H2,16,17);1H. The second kappa shape index (κ2) is 6.85. The topological polar surface area (TPSA) is 65.2 Å². The Labute approximate surface area is 130 Å². The number of nitrogens with two attached hydrogens (primary N) is 1. The SMILES string of the molecule is COC(=O)CCc1ccc(Br)c2nc(N)c(F)cc12.Cl. The van der Waals surface area contributed by atoms with Gasteiger partial charge >= 0.3 is 5.97 Å². The van der Waals surface area contributed by atoms with Crippen molar-refractivity contribution < 1.29 is 13.9 Å². The van der Waals surface area contributed by atoms with Gasteiger partial charge in [0, 0.05) is 16.3 Å². The second-order valence-corrected chi connectivity index (χ2v) is 4.89. The first kappa shape index (κ1) is 16.7. The van der Waals surface area contributed by atoms with Gasteiger partial charge in [0.15, 0.2) is 11.6 Å². The third-order valence-electron chi connectivity index (χ3n) is 2.83. The Bertz CT molecular complexity index is 652. The normalized spacial score (nSPS) is 10.2. The highest BCUT2D eigenvalue weighted by molar-refractivity contribution is 9.10. The fraction of sp³-hybridized carbons (Fsp3) is 0.231. The number of hydrogen-bond acceptors (Lipinski definition) is 4. The number of nitrogen functional groups attached to an aromatic ring is 1. The average molecular weight is 364 g/mol. The molecule has 1 aromatic heterocycles. The van der Waals surface area contributed by atoms with Crippen molar-refractivity contribution in [2.24, 2.45) is 0 Å². The van der Waals surface area contributed by atoms with Gasteiger partial charge in [0.05, 0.1) is 12.6 Å². The van der Waals surface area contributed by atoms with E-state index in [4.69, 9.17) is 5.73 Å². The van der Waals surface area contributed by atoms with Crippen molar-refractivity contribution in [3.63, 3.8) is 0 Å². The average Bonchev–Trinajstić information content (AvgIpc) is 2.40. The number of benzene rings is 1. The summed E-state index contributed by atoms with van der Waals surface area (Å²) in [6.07, 6.45) is 0.695. The quantitative estimate of drug-likeness (QED) is 0.850. The van der Waals surface area contributed by atoms with Gasteiger partial charge < -0.3 is 10.5 Å². The Morgan fingerprint density at radius 2 is 2.20 bits per heavy atom. The summed E-state index contributed by atoms with van der Waals surface area (Å²) >= 11 is 3.35. The molecule has 0 aliphatic rings. The van der Waals surface area contributed by atoms with Crippen molar-refractivity contribution in [1.29, 1.82) is 0 Å². The van der Waals surface area contributed by atoms with Gasteiger partial charge in [-0.3, -0.25) is 4.79 Å². The van der Waals surface area contributed by atoms with Crippen molar-refractivity contribution in [3.05, 3.63) is 34.1 Å². The Kier molecular flexibility index (Phi) is 5.71. The molecule has 0 saturated heterocycles. The molecule has 1 aromatic carbocycles. The minimum atomic E-state index is -0.565. The van der Waals surface area contributed by atoms with Crippen molar-refractivity contribution in [1.82, 2.24) is 4.98 Å². The first-order chi connectivity index (χ1) is 9.02. The molecule has 2 rings (SSSR count). The molecule has 1 heterocycles. The molecule has 0 unspecified atom stereocenters. The van der Waals surface area contributed by atoms with E-state index in [9.17, 15) is 9.18 Å². The number of carbonyl (C=O) groups excluding carboxylic acids is 1. The fourth-order valence-corrected chi connectivity index (χ4v) is 2.26. The number of methoxy groups -OCH3 is 1. The van der Waals surface area contributed by atoms with Gasteiger partial charge in [0.2, 0.25) is 0 Å². The minimum Gasteiger partial charge on any atom is -0.469 e. The molecule has 20 heavy (non-hydrogen) atoms. The molecule has 0 spiro atoms. The lowest BCUT2D eigenvalue weighted by Gasteiger charge is -2.08. The van der Waals surface area contributed by atoms with Crippen LogP contribution in [0, 0.1) is 5.82 Å². The first-order valence-electron chi connectivity index (χ1n) is 5.63. The predicted octanol–water partition coefficient (Wildman–Crippen LogP) is 3.25. The smallest absolute Gasteiger partial charge is 0.305 e. The zero-order valence-corrected chi connectivity index (χ0v) is 13.1.